The number of carboxylic acids is 1. The van der Waals surface area contributed by atoms with E-state index in [2.05, 4.69) is 0 Å². The van der Waals surface area contributed by atoms with Crippen molar-refractivity contribution < 1.29 is 32.5 Å². The lowest BCUT2D eigenvalue weighted by molar-refractivity contribution is -0.217. The zero-order valence-corrected chi connectivity index (χ0v) is 9.90. The van der Waals surface area contributed by atoms with Crippen molar-refractivity contribution in [2.75, 3.05) is 7.11 Å². The van der Waals surface area contributed by atoms with Crippen LogP contribution in [0.3, 0.4) is 0 Å². The minimum atomic E-state index is -4.72. The molecule has 0 unspecified atom stereocenters. The summed E-state index contributed by atoms with van der Waals surface area (Å²) >= 11 is 0. The van der Waals surface area contributed by atoms with E-state index in [-0.39, 0.29) is 12.2 Å². The van der Waals surface area contributed by atoms with Crippen LogP contribution in [0.1, 0.15) is 5.56 Å². The summed E-state index contributed by atoms with van der Waals surface area (Å²) in [5.41, 5.74) is 0.396. The number of carboxylic acid groups (broad SMARTS) is 1. The van der Waals surface area contributed by atoms with Gasteiger partial charge >= 0.3 is 12.1 Å². The van der Waals surface area contributed by atoms with Gasteiger partial charge in [-0.05, 0) is 30.2 Å². The predicted molar refractivity (Wildman–Crippen MR) is 58.3 cm³/mol. The van der Waals surface area contributed by atoms with E-state index < -0.39 is 24.2 Å². The molecule has 7 heteroatoms. The van der Waals surface area contributed by atoms with E-state index in [4.69, 9.17) is 14.6 Å². The van der Waals surface area contributed by atoms with Crippen molar-refractivity contribution in [2.45, 2.75) is 18.7 Å². The van der Waals surface area contributed by atoms with Crippen LogP contribution in [0.5, 0.6) is 11.5 Å². The fourth-order valence-electron chi connectivity index (χ4n) is 2.03. The molecule has 1 aliphatic rings. The maximum atomic E-state index is 12.8. The molecule has 1 aliphatic heterocycles. The Kier molecular flexibility index (Phi) is 3.30. The summed E-state index contributed by atoms with van der Waals surface area (Å²) in [6, 6.07) is 4.30. The van der Waals surface area contributed by atoms with Crippen LogP contribution >= 0.6 is 0 Å². The largest absolute Gasteiger partial charge is 0.497 e. The normalized spacial score (nSPS) is 22.3. The zero-order valence-electron chi connectivity index (χ0n) is 9.90. The van der Waals surface area contributed by atoms with Crippen LogP contribution in [0.4, 0.5) is 13.2 Å². The molecule has 2 atom stereocenters. The zero-order chi connectivity index (χ0) is 14.2. The van der Waals surface area contributed by atoms with Gasteiger partial charge in [0.2, 0.25) is 6.10 Å². The lowest BCUT2D eigenvalue weighted by Gasteiger charge is -2.32. The van der Waals surface area contributed by atoms with Gasteiger partial charge in [0.05, 0.1) is 7.11 Å². The molecule has 19 heavy (non-hydrogen) atoms. The van der Waals surface area contributed by atoms with E-state index in [0.717, 1.165) is 0 Å². The number of ether oxygens (including phenoxy) is 2. The van der Waals surface area contributed by atoms with Gasteiger partial charge in [-0.1, -0.05) is 0 Å². The van der Waals surface area contributed by atoms with Crippen molar-refractivity contribution in [3.8, 4) is 11.5 Å². The maximum Gasteiger partial charge on any atom is 0.426 e. The third-order valence-electron chi connectivity index (χ3n) is 2.97. The highest BCUT2D eigenvalue weighted by molar-refractivity contribution is 5.72. The molecule has 104 valence electrons. The molecule has 0 aliphatic carbocycles. The number of halogens is 3. The Labute approximate surface area is 106 Å². The van der Waals surface area contributed by atoms with E-state index in [1.165, 1.54) is 25.3 Å². The number of carbonyl (C=O) groups is 1. The fourth-order valence-corrected chi connectivity index (χ4v) is 2.03. The summed E-state index contributed by atoms with van der Waals surface area (Å²) in [5, 5.41) is 8.91. The second-order valence-electron chi connectivity index (χ2n) is 4.20. The number of fused-ring (bicyclic) bond motifs is 1. The van der Waals surface area contributed by atoms with Crippen molar-refractivity contribution in [1.82, 2.24) is 0 Å². The van der Waals surface area contributed by atoms with E-state index in [1.54, 1.807) is 0 Å². The maximum absolute atomic E-state index is 12.8. The van der Waals surface area contributed by atoms with Crippen molar-refractivity contribution in [1.29, 1.82) is 0 Å². The number of benzene rings is 1. The van der Waals surface area contributed by atoms with Gasteiger partial charge in [0.25, 0.3) is 0 Å². The van der Waals surface area contributed by atoms with Gasteiger partial charge < -0.3 is 14.6 Å². The van der Waals surface area contributed by atoms with E-state index in [1.807, 2.05) is 0 Å². The second kappa shape index (κ2) is 4.64. The summed E-state index contributed by atoms with van der Waals surface area (Å²) < 4.78 is 48.1. The molecule has 1 aromatic carbocycles. The van der Waals surface area contributed by atoms with Crippen LogP contribution in [0.15, 0.2) is 18.2 Å². The summed E-state index contributed by atoms with van der Waals surface area (Å²) in [7, 11) is 1.42. The fraction of sp³-hybridized carbons (Fsp3) is 0.417. The first-order chi connectivity index (χ1) is 8.82. The first kappa shape index (κ1) is 13.5. The molecule has 0 fully saturated rings. The Morgan fingerprint density at radius 3 is 2.68 bits per heavy atom. The van der Waals surface area contributed by atoms with Crippen molar-refractivity contribution in [3.63, 3.8) is 0 Å². The molecule has 1 heterocycles. The second-order valence-corrected chi connectivity index (χ2v) is 4.20. The van der Waals surface area contributed by atoms with Gasteiger partial charge in [0.1, 0.15) is 17.4 Å². The van der Waals surface area contributed by atoms with Gasteiger partial charge in [-0.25, -0.2) is 0 Å². The summed E-state index contributed by atoms with van der Waals surface area (Å²) in [6.45, 7) is 0. The number of methoxy groups -OCH3 is 1. The highest BCUT2D eigenvalue weighted by Gasteiger charge is 2.52. The molecular weight excluding hydrogens is 265 g/mol. The third-order valence-corrected chi connectivity index (χ3v) is 2.97. The highest BCUT2D eigenvalue weighted by atomic mass is 19.4. The highest BCUT2D eigenvalue weighted by Crippen LogP contribution is 2.39. The Balaban J connectivity index is 2.39. The monoisotopic (exact) mass is 276 g/mol. The first-order valence-corrected chi connectivity index (χ1v) is 5.46. The molecule has 0 amide bonds. The summed E-state index contributed by atoms with van der Waals surface area (Å²) in [4.78, 5) is 11.0. The molecule has 0 bridgehead atoms. The van der Waals surface area contributed by atoms with Crippen LogP contribution in [-0.4, -0.2) is 30.5 Å². The summed E-state index contributed by atoms with van der Waals surface area (Å²) in [6.07, 6.45) is -7.29. The molecule has 0 radical (unpaired) electrons. The van der Waals surface area contributed by atoms with Gasteiger partial charge in [-0.3, -0.25) is 4.79 Å². The molecule has 0 saturated heterocycles. The molecule has 1 aromatic rings. The SMILES string of the molecule is COc1ccc2c(c1)C[C@@H](C(=O)O)[C@H](C(F)(F)F)O2. The van der Waals surface area contributed by atoms with E-state index in [0.29, 0.717) is 11.3 Å². The van der Waals surface area contributed by atoms with Crippen LogP contribution in [-0.2, 0) is 11.2 Å². The van der Waals surface area contributed by atoms with Gasteiger partial charge in [-0.15, -0.1) is 0 Å². The Morgan fingerprint density at radius 1 is 1.47 bits per heavy atom. The molecule has 0 aromatic heterocycles. The van der Waals surface area contributed by atoms with Gasteiger partial charge in [0.15, 0.2) is 0 Å². The third kappa shape index (κ3) is 2.59. The molecule has 2 rings (SSSR count). The molecular formula is C12H11F3O4. The minimum Gasteiger partial charge on any atom is -0.497 e. The number of alkyl halides is 3. The van der Waals surface area contributed by atoms with Crippen molar-refractivity contribution in [2.24, 2.45) is 5.92 Å². The molecule has 1 N–H and O–H groups in total. The van der Waals surface area contributed by atoms with Crippen LogP contribution in [0.2, 0.25) is 0 Å². The molecule has 0 saturated carbocycles. The average Bonchev–Trinajstić information content (AvgIpc) is 2.35. The smallest absolute Gasteiger partial charge is 0.426 e. The van der Waals surface area contributed by atoms with Gasteiger partial charge in [-0.2, -0.15) is 13.2 Å². The number of hydrogen-bond acceptors (Lipinski definition) is 3. The van der Waals surface area contributed by atoms with Crippen LogP contribution < -0.4 is 9.47 Å². The minimum absolute atomic E-state index is 0.0422. The molecule has 0 spiro atoms. The van der Waals surface area contributed by atoms with Gasteiger partial charge in [0, 0.05) is 0 Å². The van der Waals surface area contributed by atoms with Crippen molar-refractivity contribution >= 4 is 5.97 Å². The van der Waals surface area contributed by atoms with E-state index >= 15 is 0 Å². The van der Waals surface area contributed by atoms with E-state index in [9.17, 15) is 18.0 Å². The standard InChI is InChI=1S/C12H11F3O4/c1-18-7-2-3-9-6(4-7)5-8(11(16)17)10(19-9)12(13,14)15/h2-4,8,10H,5H2,1H3,(H,16,17)/t8-,10-/m1/s1. The lowest BCUT2D eigenvalue weighted by atomic mass is 9.90. The Bertz CT molecular complexity index is 498. The van der Waals surface area contributed by atoms with Crippen LogP contribution in [0, 0.1) is 5.92 Å². The quantitative estimate of drug-likeness (QED) is 0.900. The van der Waals surface area contributed by atoms with Crippen LogP contribution in [0.25, 0.3) is 0 Å². The Hall–Kier alpha value is -1.92. The van der Waals surface area contributed by atoms with Crippen molar-refractivity contribution in [3.05, 3.63) is 23.8 Å². The first-order valence-electron chi connectivity index (χ1n) is 5.46. The number of rotatable bonds is 2. The number of aliphatic carboxylic acids is 1. The topological polar surface area (TPSA) is 55.8 Å². The summed E-state index contributed by atoms with van der Waals surface area (Å²) in [5.74, 6) is -2.70. The Morgan fingerprint density at radius 2 is 2.16 bits per heavy atom. The molecule has 4 nitrogen and oxygen atoms in total. The average molecular weight is 276 g/mol. The predicted octanol–water partition coefficient (Wildman–Crippen LogP) is 2.26. The number of hydrogen-bond donors (Lipinski definition) is 1. The lowest BCUT2D eigenvalue weighted by Crippen LogP contribution is -2.47.